The van der Waals surface area contributed by atoms with Crippen LogP contribution in [0.1, 0.15) is 68.5 Å². The molecule has 1 fully saturated rings. The molecule has 2 N–H and O–H groups in total. The van der Waals surface area contributed by atoms with E-state index in [0.717, 1.165) is 37.7 Å². The normalized spacial score (nSPS) is 14.0. The first-order valence-electron chi connectivity index (χ1n) is 14.5. The van der Waals surface area contributed by atoms with Crippen molar-refractivity contribution in [1.29, 1.82) is 0 Å². The van der Waals surface area contributed by atoms with Crippen LogP contribution in [0.2, 0.25) is 0 Å². The highest BCUT2D eigenvalue weighted by Crippen LogP contribution is 2.38. The van der Waals surface area contributed by atoms with Crippen molar-refractivity contribution in [2.24, 2.45) is 0 Å². The predicted molar refractivity (Wildman–Crippen MR) is 163 cm³/mol. The van der Waals surface area contributed by atoms with Crippen LogP contribution in [0.25, 0.3) is 0 Å². The zero-order valence-corrected chi connectivity index (χ0v) is 24.6. The minimum absolute atomic E-state index is 0.0455. The van der Waals surface area contributed by atoms with Crippen LogP contribution in [0.4, 0.5) is 11.5 Å². The van der Waals surface area contributed by atoms with Crippen molar-refractivity contribution in [2.75, 3.05) is 24.4 Å². The lowest BCUT2D eigenvalue weighted by atomic mass is 9.94. The fourth-order valence-corrected chi connectivity index (χ4v) is 5.26. The van der Waals surface area contributed by atoms with Gasteiger partial charge in [-0.25, -0.2) is 4.98 Å². The maximum atomic E-state index is 14.1. The van der Waals surface area contributed by atoms with Crippen molar-refractivity contribution in [2.45, 2.75) is 70.4 Å². The molecule has 1 aromatic heterocycles. The quantitative estimate of drug-likeness (QED) is 0.287. The zero-order valence-electron chi connectivity index (χ0n) is 24.6. The topological polar surface area (TPSA) is 110 Å². The van der Waals surface area contributed by atoms with Crippen molar-refractivity contribution >= 4 is 29.2 Å². The van der Waals surface area contributed by atoms with Crippen molar-refractivity contribution < 1.29 is 23.9 Å². The van der Waals surface area contributed by atoms with E-state index in [1.807, 2.05) is 31.2 Å². The molecule has 0 unspecified atom stereocenters. The van der Waals surface area contributed by atoms with Gasteiger partial charge in [-0.15, -0.1) is 0 Å². The molecular formula is C33H40N4O5. The molecule has 9 heteroatoms. The number of methoxy groups -OCH3 is 2. The van der Waals surface area contributed by atoms with Gasteiger partial charge in [-0.3, -0.25) is 19.3 Å². The molecule has 1 heterocycles. The van der Waals surface area contributed by atoms with E-state index in [1.165, 1.54) is 12.0 Å². The largest absolute Gasteiger partial charge is 0.497 e. The number of amides is 3. The first-order valence-corrected chi connectivity index (χ1v) is 14.5. The number of anilines is 2. The van der Waals surface area contributed by atoms with Crippen LogP contribution in [-0.2, 0) is 14.4 Å². The third-order valence-electron chi connectivity index (χ3n) is 7.49. The number of aryl methyl sites for hydroxylation is 1. The Bertz CT molecular complexity index is 1340. The summed E-state index contributed by atoms with van der Waals surface area (Å²) < 4.78 is 11.1. The minimum Gasteiger partial charge on any atom is -0.497 e. The lowest BCUT2D eigenvalue weighted by molar-refractivity contribution is -0.127. The number of hydrogen-bond donors (Lipinski definition) is 2. The Balaban J connectivity index is 1.65. The fourth-order valence-electron chi connectivity index (χ4n) is 5.26. The minimum atomic E-state index is -0.940. The summed E-state index contributed by atoms with van der Waals surface area (Å²) in [5, 5.41) is 5.98. The molecule has 1 saturated carbocycles. The van der Waals surface area contributed by atoms with Gasteiger partial charge in [0.25, 0.3) is 0 Å². The molecule has 42 heavy (non-hydrogen) atoms. The molecule has 2 aromatic carbocycles. The van der Waals surface area contributed by atoms with Gasteiger partial charge in [0.2, 0.25) is 17.7 Å². The smallest absolute Gasteiger partial charge is 0.248 e. The van der Waals surface area contributed by atoms with E-state index in [2.05, 4.69) is 15.6 Å². The average Bonchev–Trinajstić information content (AvgIpc) is 3.01. The Kier molecular flexibility index (Phi) is 10.9. The second-order valence-electron chi connectivity index (χ2n) is 10.6. The first-order chi connectivity index (χ1) is 20.4. The molecule has 3 aromatic rings. The Morgan fingerprint density at radius 3 is 2.38 bits per heavy atom. The Labute approximate surface area is 247 Å². The number of aromatic nitrogens is 1. The molecule has 0 saturated heterocycles. The Morgan fingerprint density at radius 2 is 1.71 bits per heavy atom. The van der Waals surface area contributed by atoms with Gasteiger partial charge >= 0.3 is 0 Å². The van der Waals surface area contributed by atoms with Gasteiger partial charge in [0.15, 0.2) is 0 Å². The van der Waals surface area contributed by atoms with E-state index in [-0.39, 0.29) is 43.0 Å². The van der Waals surface area contributed by atoms with Crippen LogP contribution in [-0.4, -0.2) is 43.0 Å². The van der Waals surface area contributed by atoms with Crippen LogP contribution in [0, 0.1) is 6.92 Å². The van der Waals surface area contributed by atoms with Crippen LogP contribution in [0.15, 0.2) is 66.9 Å². The van der Waals surface area contributed by atoms with Crippen LogP contribution in [0.3, 0.4) is 0 Å². The number of carbonyl (C=O) groups excluding carboxylic acids is 3. The number of carbonyl (C=O) groups is 3. The molecule has 0 bridgehead atoms. The summed E-state index contributed by atoms with van der Waals surface area (Å²) in [5.74, 6) is 0.640. The number of pyridine rings is 1. The van der Waals surface area contributed by atoms with Gasteiger partial charge in [0.1, 0.15) is 23.4 Å². The number of hydrogen-bond acceptors (Lipinski definition) is 6. The molecular weight excluding hydrogens is 532 g/mol. The second kappa shape index (κ2) is 15.0. The lowest BCUT2D eigenvalue weighted by Crippen LogP contribution is -2.47. The molecule has 1 atom stereocenters. The number of nitrogens with one attached hydrogen (secondary N) is 2. The zero-order chi connectivity index (χ0) is 29.9. The van der Waals surface area contributed by atoms with Crippen LogP contribution >= 0.6 is 0 Å². The molecule has 3 amide bonds. The second-order valence-corrected chi connectivity index (χ2v) is 10.6. The molecule has 1 aliphatic carbocycles. The van der Waals surface area contributed by atoms with E-state index in [1.54, 1.807) is 49.7 Å². The standard InChI is InChI=1S/C33H40N4O5/c1-23-15-17-24(18-16-23)32(33(40)35-25-10-5-4-6-11-25)37(27-20-19-26(41-2)22-28(27)42-3)31(39)14-9-13-30(38)36-29-12-7-8-21-34-29/h7-8,12,15-22,25,32H,4-6,9-11,13-14H2,1-3H3,(H,35,40)(H,34,36,38)/t32-/m0/s1. The number of ether oxygens (including phenoxy) is 2. The third-order valence-corrected chi connectivity index (χ3v) is 7.49. The maximum Gasteiger partial charge on any atom is 0.248 e. The van der Waals surface area contributed by atoms with Crippen molar-refractivity contribution in [3.05, 3.63) is 78.0 Å². The fraction of sp³-hybridized carbons (Fsp3) is 0.394. The predicted octanol–water partition coefficient (Wildman–Crippen LogP) is 5.74. The SMILES string of the molecule is COc1ccc(N(C(=O)CCCC(=O)Nc2ccccn2)[C@H](C(=O)NC2CCCCC2)c2ccc(C)cc2)c(OC)c1. The molecule has 0 aliphatic heterocycles. The summed E-state index contributed by atoms with van der Waals surface area (Å²) in [4.78, 5) is 46.4. The molecule has 0 radical (unpaired) electrons. The molecule has 222 valence electrons. The first kappa shape index (κ1) is 30.6. The van der Waals surface area contributed by atoms with E-state index < -0.39 is 6.04 Å². The summed E-state index contributed by atoms with van der Waals surface area (Å²) in [5.41, 5.74) is 2.18. The summed E-state index contributed by atoms with van der Waals surface area (Å²) in [7, 11) is 3.08. The Hall–Kier alpha value is -4.40. The highest BCUT2D eigenvalue weighted by atomic mass is 16.5. The van der Waals surface area contributed by atoms with Gasteiger partial charge in [0, 0.05) is 31.1 Å². The summed E-state index contributed by atoms with van der Waals surface area (Å²) in [6.07, 6.45) is 7.18. The molecule has 9 nitrogen and oxygen atoms in total. The summed E-state index contributed by atoms with van der Waals surface area (Å²) in [6.45, 7) is 1.98. The van der Waals surface area contributed by atoms with Crippen LogP contribution in [0.5, 0.6) is 11.5 Å². The Morgan fingerprint density at radius 1 is 0.952 bits per heavy atom. The maximum absolute atomic E-state index is 14.1. The number of benzene rings is 2. The van der Waals surface area contributed by atoms with Crippen molar-refractivity contribution in [3.63, 3.8) is 0 Å². The molecule has 1 aliphatic rings. The number of rotatable bonds is 12. The monoisotopic (exact) mass is 572 g/mol. The van der Waals surface area contributed by atoms with Crippen molar-refractivity contribution in [3.8, 4) is 11.5 Å². The molecule has 4 rings (SSSR count). The van der Waals surface area contributed by atoms with E-state index in [0.29, 0.717) is 28.6 Å². The highest BCUT2D eigenvalue weighted by Gasteiger charge is 2.35. The van der Waals surface area contributed by atoms with E-state index in [4.69, 9.17) is 9.47 Å². The van der Waals surface area contributed by atoms with Gasteiger partial charge < -0.3 is 20.1 Å². The third kappa shape index (κ3) is 8.09. The highest BCUT2D eigenvalue weighted by molar-refractivity contribution is 6.02. The van der Waals surface area contributed by atoms with E-state index in [9.17, 15) is 14.4 Å². The van der Waals surface area contributed by atoms with Gasteiger partial charge in [-0.1, -0.05) is 55.2 Å². The van der Waals surface area contributed by atoms with E-state index >= 15 is 0 Å². The van der Waals surface area contributed by atoms with Gasteiger partial charge in [-0.2, -0.15) is 0 Å². The summed E-state index contributed by atoms with van der Waals surface area (Å²) in [6, 6.07) is 17.2. The lowest BCUT2D eigenvalue weighted by Gasteiger charge is -2.34. The average molecular weight is 573 g/mol. The van der Waals surface area contributed by atoms with Gasteiger partial charge in [0.05, 0.1) is 19.9 Å². The van der Waals surface area contributed by atoms with Crippen LogP contribution < -0.4 is 25.0 Å². The summed E-state index contributed by atoms with van der Waals surface area (Å²) >= 11 is 0. The molecule has 0 spiro atoms. The van der Waals surface area contributed by atoms with Gasteiger partial charge in [-0.05, 0) is 56.0 Å². The number of nitrogens with zero attached hydrogens (tertiary/aromatic N) is 2. The van der Waals surface area contributed by atoms with Crippen molar-refractivity contribution in [1.82, 2.24) is 10.3 Å².